The van der Waals surface area contributed by atoms with E-state index in [0.717, 1.165) is 25.9 Å². The van der Waals surface area contributed by atoms with Crippen molar-refractivity contribution < 1.29 is 19.1 Å². The van der Waals surface area contributed by atoms with Crippen molar-refractivity contribution in [1.82, 2.24) is 10.2 Å². The Morgan fingerprint density at radius 2 is 1.92 bits per heavy atom. The van der Waals surface area contributed by atoms with Crippen LogP contribution in [0.3, 0.4) is 0 Å². The lowest BCUT2D eigenvalue weighted by molar-refractivity contribution is -0.138. The third-order valence-corrected chi connectivity index (χ3v) is 4.61. The van der Waals surface area contributed by atoms with Crippen LogP contribution in [-0.4, -0.2) is 41.0 Å². The molecule has 1 aliphatic rings. The first-order valence-corrected chi connectivity index (χ1v) is 8.39. The Kier molecular flexibility index (Phi) is 6.31. The van der Waals surface area contributed by atoms with E-state index < -0.39 is 17.8 Å². The molecule has 0 aliphatic carbocycles. The van der Waals surface area contributed by atoms with Gasteiger partial charge in [0, 0.05) is 17.5 Å². The molecule has 1 aromatic rings. The number of carbonyl (C=O) groups excluding carboxylic acids is 1. The fourth-order valence-corrected chi connectivity index (χ4v) is 3.14. The summed E-state index contributed by atoms with van der Waals surface area (Å²) in [6.45, 7) is 5.95. The maximum atomic E-state index is 14.0. The number of carbonyl (C=O) groups is 2. The Labute approximate surface area is 141 Å². The standard InChI is InChI=1S/C18H25FN2O3/c1-12(2)21-9-7-13(8-10-21)18(24)20-16(11-17(22)23)14-5-3-4-6-15(14)19/h3-6,12-13,16H,7-11H2,1-2H3,(H,20,24)(H,22,23)/t16-/m1/s1. The molecule has 0 unspecified atom stereocenters. The third-order valence-electron chi connectivity index (χ3n) is 4.61. The fraction of sp³-hybridized carbons (Fsp3) is 0.556. The van der Waals surface area contributed by atoms with Gasteiger partial charge in [-0.1, -0.05) is 18.2 Å². The molecule has 0 aromatic heterocycles. The summed E-state index contributed by atoms with van der Waals surface area (Å²) in [6.07, 6.45) is 1.14. The SMILES string of the molecule is CC(C)N1CCC(C(=O)N[C@H](CC(=O)O)c2ccccc2F)CC1. The van der Waals surface area contributed by atoms with Gasteiger partial charge in [-0.15, -0.1) is 0 Å². The monoisotopic (exact) mass is 336 g/mol. The van der Waals surface area contributed by atoms with Crippen molar-refractivity contribution in [2.45, 2.75) is 45.2 Å². The third kappa shape index (κ3) is 4.77. The van der Waals surface area contributed by atoms with Gasteiger partial charge in [0.05, 0.1) is 12.5 Å². The van der Waals surface area contributed by atoms with Gasteiger partial charge in [-0.05, 0) is 45.8 Å². The van der Waals surface area contributed by atoms with E-state index in [-0.39, 0.29) is 23.8 Å². The van der Waals surface area contributed by atoms with E-state index in [2.05, 4.69) is 24.1 Å². The Hall–Kier alpha value is -1.95. The van der Waals surface area contributed by atoms with E-state index in [4.69, 9.17) is 5.11 Å². The van der Waals surface area contributed by atoms with Crippen LogP contribution in [-0.2, 0) is 9.59 Å². The molecule has 2 N–H and O–H groups in total. The lowest BCUT2D eigenvalue weighted by Gasteiger charge is -2.34. The summed E-state index contributed by atoms with van der Waals surface area (Å²) in [5.74, 6) is -1.91. The van der Waals surface area contributed by atoms with Gasteiger partial charge < -0.3 is 15.3 Å². The number of carboxylic acid groups (broad SMARTS) is 1. The van der Waals surface area contributed by atoms with Gasteiger partial charge in [0.25, 0.3) is 0 Å². The molecule has 5 nitrogen and oxygen atoms in total. The van der Waals surface area contributed by atoms with E-state index in [1.807, 2.05) is 0 Å². The quantitative estimate of drug-likeness (QED) is 0.838. The minimum atomic E-state index is -1.07. The van der Waals surface area contributed by atoms with E-state index in [0.29, 0.717) is 6.04 Å². The van der Waals surface area contributed by atoms with E-state index in [1.54, 1.807) is 12.1 Å². The van der Waals surface area contributed by atoms with E-state index in [9.17, 15) is 14.0 Å². The second kappa shape index (κ2) is 8.24. The van der Waals surface area contributed by atoms with Crippen molar-refractivity contribution in [2.24, 2.45) is 5.92 Å². The zero-order valence-electron chi connectivity index (χ0n) is 14.2. The molecule has 1 saturated heterocycles. The summed E-state index contributed by atoms with van der Waals surface area (Å²) in [6, 6.07) is 5.58. The van der Waals surface area contributed by atoms with Crippen molar-refractivity contribution in [1.29, 1.82) is 0 Å². The molecule has 1 atom stereocenters. The molecule has 6 heteroatoms. The molecule has 1 fully saturated rings. The second-order valence-corrected chi connectivity index (χ2v) is 6.58. The van der Waals surface area contributed by atoms with Crippen LogP contribution in [0, 0.1) is 11.7 Å². The normalized spacial score (nSPS) is 17.7. The number of piperidine rings is 1. The highest BCUT2D eigenvalue weighted by atomic mass is 19.1. The average molecular weight is 336 g/mol. The zero-order chi connectivity index (χ0) is 17.7. The van der Waals surface area contributed by atoms with Crippen LogP contribution in [0.2, 0.25) is 0 Å². The number of hydrogen-bond acceptors (Lipinski definition) is 3. The average Bonchev–Trinajstić information content (AvgIpc) is 2.54. The number of nitrogens with zero attached hydrogens (tertiary/aromatic N) is 1. The number of rotatable bonds is 6. The molecule has 1 aliphatic heterocycles. The molecule has 0 saturated carbocycles. The smallest absolute Gasteiger partial charge is 0.305 e. The van der Waals surface area contributed by atoms with Gasteiger partial charge in [0.1, 0.15) is 5.82 Å². The topological polar surface area (TPSA) is 69.6 Å². The maximum absolute atomic E-state index is 14.0. The Morgan fingerprint density at radius 1 is 1.29 bits per heavy atom. The molecule has 0 spiro atoms. The molecular weight excluding hydrogens is 311 g/mol. The maximum Gasteiger partial charge on any atom is 0.305 e. The van der Waals surface area contributed by atoms with Crippen LogP contribution in [0.25, 0.3) is 0 Å². The molecule has 2 rings (SSSR count). The summed E-state index contributed by atoms with van der Waals surface area (Å²) < 4.78 is 14.0. The molecular formula is C18H25FN2O3. The number of aliphatic carboxylic acids is 1. The van der Waals surface area contributed by atoms with Crippen molar-refractivity contribution >= 4 is 11.9 Å². The predicted molar refractivity (Wildman–Crippen MR) is 89.0 cm³/mol. The van der Waals surface area contributed by atoms with Crippen molar-refractivity contribution in [3.05, 3.63) is 35.6 Å². The summed E-state index contributed by atoms with van der Waals surface area (Å²) in [7, 11) is 0. The first-order valence-electron chi connectivity index (χ1n) is 8.39. The summed E-state index contributed by atoms with van der Waals surface area (Å²) in [4.78, 5) is 25.9. The lowest BCUT2D eigenvalue weighted by Crippen LogP contribution is -2.44. The van der Waals surface area contributed by atoms with Crippen LogP contribution in [0.15, 0.2) is 24.3 Å². The number of likely N-dealkylation sites (tertiary alicyclic amines) is 1. The number of amides is 1. The molecule has 0 radical (unpaired) electrons. The first kappa shape index (κ1) is 18.4. The second-order valence-electron chi connectivity index (χ2n) is 6.58. The summed E-state index contributed by atoms with van der Waals surface area (Å²) in [5.41, 5.74) is 0.216. The number of hydrogen-bond donors (Lipinski definition) is 2. The van der Waals surface area contributed by atoms with Crippen LogP contribution in [0.5, 0.6) is 0 Å². The molecule has 0 bridgehead atoms. The lowest BCUT2D eigenvalue weighted by atomic mass is 9.94. The highest BCUT2D eigenvalue weighted by Gasteiger charge is 2.29. The first-order chi connectivity index (χ1) is 11.4. The van der Waals surface area contributed by atoms with Crippen LogP contribution < -0.4 is 5.32 Å². The van der Waals surface area contributed by atoms with Gasteiger partial charge in [-0.2, -0.15) is 0 Å². The number of nitrogens with one attached hydrogen (secondary N) is 1. The minimum Gasteiger partial charge on any atom is -0.481 e. The van der Waals surface area contributed by atoms with Crippen LogP contribution in [0.1, 0.15) is 44.7 Å². The summed E-state index contributed by atoms with van der Waals surface area (Å²) >= 11 is 0. The minimum absolute atomic E-state index is 0.150. The van der Waals surface area contributed by atoms with Gasteiger partial charge >= 0.3 is 5.97 Å². The molecule has 132 valence electrons. The van der Waals surface area contributed by atoms with Gasteiger partial charge in [-0.3, -0.25) is 9.59 Å². The predicted octanol–water partition coefficient (Wildman–Crippen LogP) is 2.58. The number of halogens is 1. The fourth-order valence-electron chi connectivity index (χ4n) is 3.14. The van der Waals surface area contributed by atoms with Gasteiger partial charge in [-0.25, -0.2) is 4.39 Å². The van der Waals surface area contributed by atoms with Crippen molar-refractivity contribution in [3.63, 3.8) is 0 Å². The molecule has 1 amide bonds. The molecule has 1 heterocycles. The van der Waals surface area contributed by atoms with E-state index >= 15 is 0 Å². The van der Waals surface area contributed by atoms with Crippen molar-refractivity contribution in [2.75, 3.05) is 13.1 Å². The molecule has 24 heavy (non-hydrogen) atoms. The Bertz CT molecular complexity index is 583. The molecule has 1 aromatic carbocycles. The number of benzene rings is 1. The van der Waals surface area contributed by atoms with Crippen LogP contribution >= 0.6 is 0 Å². The van der Waals surface area contributed by atoms with E-state index in [1.165, 1.54) is 12.1 Å². The number of carboxylic acids is 1. The Balaban J connectivity index is 2.03. The van der Waals surface area contributed by atoms with Gasteiger partial charge in [0.15, 0.2) is 0 Å². The Morgan fingerprint density at radius 3 is 2.46 bits per heavy atom. The van der Waals surface area contributed by atoms with Crippen LogP contribution in [0.4, 0.5) is 4.39 Å². The highest BCUT2D eigenvalue weighted by molar-refractivity contribution is 5.80. The highest BCUT2D eigenvalue weighted by Crippen LogP contribution is 2.24. The summed E-state index contributed by atoms with van der Waals surface area (Å²) in [5, 5.41) is 11.8. The van der Waals surface area contributed by atoms with Crippen molar-refractivity contribution in [3.8, 4) is 0 Å². The zero-order valence-corrected chi connectivity index (χ0v) is 14.2. The van der Waals surface area contributed by atoms with Gasteiger partial charge in [0.2, 0.25) is 5.91 Å². The largest absolute Gasteiger partial charge is 0.481 e.